The molecule has 1 amide bonds. The second-order valence-corrected chi connectivity index (χ2v) is 6.72. The number of ether oxygens (including phenoxy) is 1. The number of benzene rings is 2. The molecule has 4 nitrogen and oxygen atoms in total. The number of rotatable bonds is 7. The van der Waals surface area contributed by atoms with E-state index in [0.29, 0.717) is 32.6 Å². The van der Waals surface area contributed by atoms with E-state index in [9.17, 15) is 9.90 Å². The second kappa shape index (κ2) is 8.28. The molecule has 2 N–H and O–H groups in total. The Hall–Kier alpha value is -2.17. The van der Waals surface area contributed by atoms with Crippen LogP contribution in [0.3, 0.4) is 0 Å². The molecule has 0 aliphatic heterocycles. The van der Waals surface area contributed by atoms with Gasteiger partial charge >= 0.3 is 0 Å². The molecule has 1 aliphatic rings. The van der Waals surface area contributed by atoms with Crippen LogP contribution >= 0.6 is 0 Å². The van der Waals surface area contributed by atoms with Crippen molar-refractivity contribution in [3.63, 3.8) is 0 Å². The van der Waals surface area contributed by atoms with E-state index >= 15 is 0 Å². The Bertz CT molecular complexity index is 693. The zero-order valence-corrected chi connectivity index (χ0v) is 14.4. The largest absolute Gasteiger partial charge is 0.380 e. The van der Waals surface area contributed by atoms with E-state index in [1.54, 1.807) is 0 Å². The Labute approximate surface area is 148 Å². The Morgan fingerprint density at radius 2 is 1.60 bits per heavy atom. The minimum Gasteiger partial charge on any atom is -0.380 e. The number of carbonyl (C=O) groups is 1. The first-order valence-corrected chi connectivity index (χ1v) is 8.86. The van der Waals surface area contributed by atoms with Crippen LogP contribution in [0.15, 0.2) is 54.6 Å². The van der Waals surface area contributed by atoms with Crippen LogP contribution in [-0.2, 0) is 29.3 Å². The van der Waals surface area contributed by atoms with Gasteiger partial charge in [0.1, 0.15) is 5.60 Å². The summed E-state index contributed by atoms with van der Waals surface area (Å²) in [5.74, 6) is -0.254. The summed E-state index contributed by atoms with van der Waals surface area (Å²) in [7, 11) is 0. The fraction of sp³-hybridized carbons (Fsp3) is 0.381. The van der Waals surface area contributed by atoms with E-state index in [1.807, 2.05) is 54.6 Å². The lowest BCUT2D eigenvalue weighted by Crippen LogP contribution is -2.44. The highest BCUT2D eigenvalue weighted by Crippen LogP contribution is 2.29. The first-order chi connectivity index (χ1) is 12.2. The molecular weight excluding hydrogens is 314 g/mol. The summed E-state index contributed by atoms with van der Waals surface area (Å²) in [5.41, 5.74) is 2.06. The molecule has 25 heavy (non-hydrogen) atoms. The van der Waals surface area contributed by atoms with Crippen molar-refractivity contribution in [2.24, 2.45) is 0 Å². The van der Waals surface area contributed by atoms with Gasteiger partial charge in [0.15, 0.2) is 0 Å². The predicted molar refractivity (Wildman–Crippen MR) is 96.6 cm³/mol. The Kier molecular flexibility index (Phi) is 5.84. The molecule has 1 saturated carbocycles. The first-order valence-electron chi connectivity index (χ1n) is 8.86. The summed E-state index contributed by atoms with van der Waals surface area (Å²) in [4.78, 5) is 12.2. The lowest BCUT2D eigenvalue weighted by Gasteiger charge is -2.21. The molecule has 0 radical (unpaired) electrons. The highest BCUT2D eigenvalue weighted by Gasteiger charge is 2.38. The van der Waals surface area contributed by atoms with E-state index in [4.69, 9.17) is 4.74 Å². The first kappa shape index (κ1) is 17.6. The molecule has 2 aromatic carbocycles. The van der Waals surface area contributed by atoms with Crippen LogP contribution in [0.4, 0.5) is 0 Å². The summed E-state index contributed by atoms with van der Waals surface area (Å²) >= 11 is 0. The van der Waals surface area contributed by atoms with Gasteiger partial charge < -0.3 is 15.2 Å². The SMILES string of the molecule is O=C(NCc1cccc(COCc2ccccc2)c1)C1(O)CCCC1. The molecule has 132 valence electrons. The standard InChI is InChI=1S/C21H25NO3/c23-20(21(24)11-4-5-12-21)22-14-18-9-6-10-19(13-18)16-25-15-17-7-2-1-3-8-17/h1-3,6-10,13,24H,4-5,11-12,14-16H2,(H,22,23). The summed E-state index contributed by atoms with van der Waals surface area (Å²) in [6.07, 6.45) is 2.95. The number of hydrogen-bond acceptors (Lipinski definition) is 3. The van der Waals surface area contributed by atoms with Crippen LogP contribution in [0.25, 0.3) is 0 Å². The number of amides is 1. The molecule has 0 atom stereocenters. The normalized spacial score (nSPS) is 15.9. The molecule has 0 aromatic heterocycles. The minimum absolute atomic E-state index is 0.254. The van der Waals surface area contributed by atoms with Crippen LogP contribution in [0.1, 0.15) is 42.4 Å². The average Bonchev–Trinajstić information content (AvgIpc) is 3.09. The fourth-order valence-electron chi connectivity index (χ4n) is 3.22. The maximum absolute atomic E-state index is 12.2. The molecule has 3 rings (SSSR count). The topological polar surface area (TPSA) is 58.6 Å². The van der Waals surface area contributed by atoms with Crippen LogP contribution in [0.2, 0.25) is 0 Å². The smallest absolute Gasteiger partial charge is 0.252 e. The van der Waals surface area contributed by atoms with Gasteiger partial charge in [-0.15, -0.1) is 0 Å². The summed E-state index contributed by atoms with van der Waals surface area (Å²) in [6, 6.07) is 18.1. The number of hydrogen-bond donors (Lipinski definition) is 2. The molecule has 0 unspecified atom stereocenters. The summed E-state index contributed by atoms with van der Waals surface area (Å²) in [5, 5.41) is 13.1. The highest BCUT2D eigenvalue weighted by atomic mass is 16.5. The van der Waals surface area contributed by atoms with Gasteiger partial charge in [-0.3, -0.25) is 4.79 Å². The summed E-state index contributed by atoms with van der Waals surface area (Å²) in [6.45, 7) is 1.53. The van der Waals surface area contributed by atoms with E-state index in [0.717, 1.165) is 29.5 Å². The van der Waals surface area contributed by atoms with Gasteiger partial charge in [-0.2, -0.15) is 0 Å². The molecule has 1 fully saturated rings. The van der Waals surface area contributed by atoms with Crippen molar-refractivity contribution in [2.75, 3.05) is 0 Å². The van der Waals surface area contributed by atoms with Gasteiger partial charge in [0.2, 0.25) is 0 Å². The van der Waals surface area contributed by atoms with Crippen molar-refractivity contribution >= 4 is 5.91 Å². The lowest BCUT2D eigenvalue weighted by molar-refractivity contribution is -0.139. The zero-order chi connectivity index (χ0) is 17.5. The zero-order valence-electron chi connectivity index (χ0n) is 14.4. The Morgan fingerprint density at radius 3 is 2.36 bits per heavy atom. The van der Waals surface area contributed by atoms with Gasteiger partial charge in [0.25, 0.3) is 5.91 Å². The van der Waals surface area contributed by atoms with E-state index < -0.39 is 5.60 Å². The third-order valence-electron chi connectivity index (χ3n) is 4.68. The van der Waals surface area contributed by atoms with Crippen molar-refractivity contribution in [3.8, 4) is 0 Å². The molecule has 0 heterocycles. The molecule has 4 heteroatoms. The lowest BCUT2D eigenvalue weighted by atomic mass is 10.0. The maximum atomic E-state index is 12.2. The molecule has 0 bridgehead atoms. The van der Waals surface area contributed by atoms with Crippen molar-refractivity contribution in [2.45, 2.75) is 51.0 Å². The number of nitrogens with one attached hydrogen (secondary N) is 1. The van der Waals surface area contributed by atoms with Crippen LogP contribution in [0, 0.1) is 0 Å². The minimum atomic E-state index is -1.17. The van der Waals surface area contributed by atoms with Crippen LogP contribution < -0.4 is 5.32 Å². The van der Waals surface area contributed by atoms with Gasteiger partial charge in [0.05, 0.1) is 13.2 Å². The molecule has 1 aliphatic carbocycles. The van der Waals surface area contributed by atoms with E-state index in [1.165, 1.54) is 0 Å². The number of aliphatic hydroxyl groups is 1. The van der Waals surface area contributed by atoms with Crippen LogP contribution in [-0.4, -0.2) is 16.6 Å². The van der Waals surface area contributed by atoms with Crippen molar-refractivity contribution in [3.05, 3.63) is 71.3 Å². The summed E-state index contributed by atoms with van der Waals surface area (Å²) < 4.78 is 5.76. The van der Waals surface area contributed by atoms with Crippen molar-refractivity contribution in [1.82, 2.24) is 5.32 Å². The van der Waals surface area contributed by atoms with Crippen molar-refractivity contribution < 1.29 is 14.6 Å². The Balaban J connectivity index is 1.48. The van der Waals surface area contributed by atoms with Crippen LogP contribution in [0.5, 0.6) is 0 Å². The highest BCUT2D eigenvalue weighted by molar-refractivity contribution is 5.85. The second-order valence-electron chi connectivity index (χ2n) is 6.72. The fourth-order valence-corrected chi connectivity index (χ4v) is 3.22. The third-order valence-corrected chi connectivity index (χ3v) is 4.68. The maximum Gasteiger partial charge on any atom is 0.252 e. The molecule has 0 spiro atoms. The van der Waals surface area contributed by atoms with Crippen molar-refractivity contribution in [1.29, 1.82) is 0 Å². The monoisotopic (exact) mass is 339 g/mol. The molecule has 0 saturated heterocycles. The quantitative estimate of drug-likeness (QED) is 0.813. The average molecular weight is 339 g/mol. The Morgan fingerprint density at radius 1 is 0.960 bits per heavy atom. The van der Waals surface area contributed by atoms with E-state index in [2.05, 4.69) is 5.32 Å². The predicted octanol–water partition coefficient (Wildman–Crippen LogP) is 3.32. The number of carbonyl (C=O) groups excluding carboxylic acids is 1. The van der Waals surface area contributed by atoms with Gasteiger partial charge in [-0.25, -0.2) is 0 Å². The molecule has 2 aromatic rings. The van der Waals surface area contributed by atoms with E-state index in [-0.39, 0.29) is 5.91 Å². The van der Waals surface area contributed by atoms with Gasteiger partial charge in [-0.05, 0) is 42.4 Å². The van der Waals surface area contributed by atoms with Gasteiger partial charge in [-0.1, -0.05) is 54.6 Å². The molecular formula is C21H25NO3. The van der Waals surface area contributed by atoms with Gasteiger partial charge in [0, 0.05) is 6.54 Å². The third kappa shape index (κ3) is 4.91.